The monoisotopic (exact) mass is 366 g/mol. The van der Waals surface area contributed by atoms with Crippen molar-refractivity contribution in [3.8, 4) is 5.82 Å². The summed E-state index contributed by atoms with van der Waals surface area (Å²) in [5, 5.41) is 6.85. The summed E-state index contributed by atoms with van der Waals surface area (Å²) < 4.78 is 4.16. The maximum Gasteiger partial charge on any atom is 0.247 e. The third kappa shape index (κ3) is 3.01. The molecule has 0 bridgehead atoms. The number of rotatable bonds is 3. The average Bonchev–Trinajstić information content (AvgIpc) is 3.33. The lowest BCUT2D eigenvalue weighted by Crippen LogP contribution is -2.29. The fraction of sp³-hybridized carbons (Fsp3) is 0.300. The van der Waals surface area contributed by atoms with E-state index in [1.807, 2.05) is 53.0 Å². The standard InChI is InChI=1S/C20H22N4OS/c1-20(2,3)24-19(22-10-4-5-11-22)16-13-23(14-17(16)21-24)18(25)9-8-15-7-6-12-26-15/h4-12H,13-14H2,1-3H3. The topological polar surface area (TPSA) is 43.1 Å². The van der Waals surface area contributed by atoms with Crippen LogP contribution >= 0.6 is 11.3 Å². The molecule has 0 atom stereocenters. The summed E-state index contributed by atoms with van der Waals surface area (Å²) in [5.41, 5.74) is 1.99. The zero-order valence-electron chi connectivity index (χ0n) is 15.2. The van der Waals surface area contributed by atoms with Crippen LogP contribution in [0.2, 0.25) is 0 Å². The van der Waals surface area contributed by atoms with E-state index in [1.165, 1.54) is 0 Å². The minimum absolute atomic E-state index is 0.0252. The highest BCUT2D eigenvalue weighted by Gasteiger charge is 2.32. The molecule has 0 spiro atoms. The third-order valence-corrected chi connectivity index (χ3v) is 5.30. The number of thiophene rings is 1. The number of carbonyl (C=O) groups is 1. The van der Waals surface area contributed by atoms with Gasteiger partial charge in [-0.1, -0.05) is 6.07 Å². The second kappa shape index (κ2) is 6.29. The molecule has 1 aliphatic rings. The zero-order chi connectivity index (χ0) is 18.3. The number of fused-ring (bicyclic) bond motifs is 1. The highest BCUT2D eigenvalue weighted by atomic mass is 32.1. The van der Waals surface area contributed by atoms with Crippen molar-refractivity contribution < 1.29 is 4.79 Å². The van der Waals surface area contributed by atoms with Crippen molar-refractivity contribution in [3.63, 3.8) is 0 Å². The fourth-order valence-electron chi connectivity index (χ4n) is 3.21. The quantitative estimate of drug-likeness (QED) is 0.657. The molecule has 0 saturated heterocycles. The Morgan fingerprint density at radius 2 is 1.96 bits per heavy atom. The van der Waals surface area contributed by atoms with E-state index in [4.69, 9.17) is 5.10 Å². The molecule has 0 radical (unpaired) electrons. The van der Waals surface area contributed by atoms with Crippen molar-refractivity contribution in [3.05, 3.63) is 64.2 Å². The second-order valence-electron chi connectivity index (χ2n) is 7.46. The summed E-state index contributed by atoms with van der Waals surface area (Å²) in [4.78, 5) is 15.5. The van der Waals surface area contributed by atoms with Gasteiger partial charge in [0, 0.05) is 28.9 Å². The molecule has 1 aliphatic heterocycles. The third-order valence-electron chi connectivity index (χ3n) is 4.46. The van der Waals surface area contributed by atoms with Gasteiger partial charge in [0.1, 0.15) is 5.82 Å². The fourth-order valence-corrected chi connectivity index (χ4v) is 3.83. The van der Waals surface area contributed by atoms with Gasteiger partial charge in [0.2, 0.25) is 5.91 Å². The van der Waals surface area contributed by atoms with Crippen LogP contribution in [0.25, 0.3) is 11.9 Å². The maximum absolute atomic E-state index is 12.6. The van der Waals surface area contributed by atoms with Crippen molar-refractivity contribution in [2.75, 3.05) is 0 Å². The van der Waals surface area contributed by atoms with E-state index in [1.54, 1.807) is 17.4 Å². The summed E-state index contributed by atoms with van der Waals surface area (Å²) in [5.74, 6) is 1.08. The molecular weight excluding hydrogens is 344 g/mol. The van der Waals surface area contributed by atoms with Crippen molar-refractivity contribution in [1.82, 2.24) is 19.2 Å². The zero-order valence-corrected chi connectivity index (χ0v) is 16.0. The maximum atomic E-state index is 12.6. The number of amides is 1. The predicted molar refractivity (Wildman–Crippen MR) is 104 cm³/mol. The molecule has 1 amide bonds. The van der Waals surface area contributed by atoms with Crippen LogP contribution in [0.4, 0.5) is 0 Å². The van der Waals surface area contributed by atoms with Gasteiger partial charge >= 0.3 is 0 Å². The van der Waals surface area contributed by atoms with E-state index in [0.717, 1.165) is 22.0 Å². The molecule has 134 valence electrons. The summed E-state index contributed by atoms with van der Waals surface area (Å²) in [6, 6.07) is 8.01. The van der Waals surface area contributed by atoms with Crippen LogP contribution in [0.15, 0.2) is 48.1 Å². The van der Waals surface area contributed by atoms with Crippen molar-refractivity contribution >= 4 is 23.3 Å². The van der Waals surface area contributed by atoms with Crippen LogP contribution in [0, 0.1) is 0 Å². The van der Waals surface area contributed by atoms with Crippen molar-refractivity contribution in [2.45, 2.75) is 39.4 Å². The molecule has 0 fully saturated rings. The Morgan fingerprint density at radius 1 is 1.19 bits per heavy atom. The minimum Gasteiger partial charge on any atom is -0.329 e. The Labute approximate surface area is 157 Å². The summed E-state index contributed by atoms with van der Waals surface area (Å²) >= 11 is 1.63. The molecule has 0 aliphatic carbocycles. The van der Waals surface area contributed by atoms with E-state index in [9.17, 15) is 4.79 Å². The first kappa shape index (κ1) is 16.8. The lowest BCUT2D eigenvalue weighted by molar-refractivity contribution is -0.126. The molecule has 3 aromatic rings. The molecule has 0 N–H and O–H groups in total. The van der Waals surface area contributed by atoms with Crippen LogP contribution in [0.3, 0.4) is 0 Å². The Morgan fingerprint density at radius 3 is 2.62 bits per heavy atom. The number of nitrogens with zero attached hydrogens (tertiary/aromatic N) is 4. The molecule has 0 aromatic carbocycles. The number of hydrogen-bond acceptors (Lipinski definition) is 3. The SMILES string of the molecule is CC(C)(C)n1nc2c(c1-n1cccc1)CN(C(=O)C=Cc1cccs1)C2. The molecular formula is C20H22N4OS. The molecule has 0 saturated carbocycles. The highest BCUT2D eigenvalue weighted by Crippen LogP contribution is 2.32. The van der Waals surface area contributed by atoms with Crippen LogP contribution in [-0.2, 0) is 23.4 Å². The van der Waals surface area contributed by atoms with E-state index >= 15 is 0 Å². The number of hydrogen-bond donors (Lipinski definition) is 0. The summed E-state index contributed by atoms with van der Waals surface area (Å²) in [7, 11) is 0. The Kier molecular flexibility index (Phi) is 4.07. The van der Waals surface area contributed by atoms with E-state index in [2.05, 4.69) is 30.0 Å². The van der Waals surface area contributed by atoms with E-state index < -0.39 is 0 Å². The molecule has 3 aromatic heterocycles. The van der Waals surface area contributed by atoms with E-state index in [-0.39, 0.29) is 11.4 Å². The first-order valence-corrected chi connectivity index (χ1v) is 9.56. The van der Waals surface area contributed by atoms with Gasteiger partial charge < -0.3 is 9.47 Å². The van der Waals surface area contributed by atoms with E-state index in [0.29, 0.717) is 13.1 Å². The number of aromatic nitrogens is 3. The minimum atomic E-state index is -0.127. The smallest absolute Gasteiger partial charge is 0.247 e. The van der Waals surface area contributed by atoms with Crippen LogP contribution in [0.1, 0.15) is 36.9 Å². The Balaban J connectivity index is 1.63. The molecule has 5 nitrogen and oxygen atoms in total. The van der Waals surface area contributed by atoms with Crippen LogP contribution < -0.4 is 0 Å². The molecule has 26 heavy (non-hydrogen) atoms. The molecule has 0 unspecified atom stereocenters. The largest absolute Gasteiger partial charge is 0.329 e. The Hall–Kier alpha value is -2.60. The highest BCUT2D eigenvalue weighted by molar-refractivity contribution is 7.10. The average molecular weight is 366 g/mol. The second-order valence-corrected chi connectivity index (χ2v) is 8.44. The predicted octanol–water partition coefficient (Wildman–Crippen LogP) is 4.05. The van der Waals surface area contributed by atoms with Crippen LogP contribution in [-0.4, -0.2) is 25.2 Å². The lowest BCUT2D eigenvalue weighted by atomic mass is 10.1. The van der Waals surface area contributed by atoms with Gasteiger partial charge in [-0.15, -0.1) is 11.3 Å². The normalized spacial score (nSPS) is 14.3. The van der Waals surface area contributed by atoms with Gasteiger partial charge in [0.15, 0.2) is 0 Å². The van der Waals surface area contributed by atoms with Gasteiger partial charge in [-0.25, -0.2) is 4.68 Å². The van der Waals surface area contributed by atoms with Gasteiger partial charge in [0.05, 0.1) is 24.3 Å². The van der Waals surface area contributed by atoms with Crippen molar-refractivity contribution in [1.29, 1.82) is 0 Å². The lowest BCUT2D eigenvalue weighted by Gasteiger charge is -2.24. The van der Waals surface area contributed by atoms with Gasteiger partial charge in [-0.3, -0.25) is 4.79 Å². The van der Waals surface area contributed by atoms with Crippen LogP contribution in [0.5, 0.6) is 0 Å². The first-order valence-electron chi connectivity index (χ1n) is 8.68. The molecule has 4 heterocycles. The molecule has 6 heteroatoms. The Bertz CT molecular complexity index is 943. The molecule has 4 rings (SSSR count). The van der Waals surface area contributed by atoms with Gasteiger partial charge in [0.25, 0.3) is 0 Å². The van der Waals surface area contributed by atoms with Gasteiger partial charge in [-0.2, -0.15) is 5.10 Å². The van der Waals surface area contributed by atoms with Gasteiger partial charge in [-0.05, 0) is 50.4 Å². The number of carbonyl (C=O) groups excluding carboxylic acids is 1. The first-order chi connectivity index (χ1) is 12.4. The van der Waals surface area contributed by atoms with Crippen molar-refractivity contribution in [2.24, 2.45) is 0 Å². The summed E-state index contributed by atoms with van der Waals surface area (Å²) in [6.45, 7) is 7.59. The summed E-state index contributed by atoms with van der Waals surface area (Å²) in [6.07, 6.45) is 7.60.